The Morgan fingerprint density at radius 1 is 1.37 bits per heavy atom. The van der Waals surface area contributed by atoms with Gasteiger partial charge in [0.2, 0.25) is 5.88 Å². The number of carboxylic acid groups (broad SMARTS) is 1. The maximum Gasteiger partial charge on any atom is 0.358 e. The Bertz CT molecular complexity index is 598. The summed E-state index contributed by atoms with van der Waals surface area (Å²) in [6.45, 7) is 2.39. The van der Waals surface area contributed by atoms with Crippen LogP contribution in [0.5, 0.6) is 5.88 Å². The van der Waals surface area contributed by atoms with E-state index in [0.29, 0.717) is 23.7 Å². The summed E-state index contributed by atoms with van der Waals surface area (Å²) in [5.74, 6) is -0.839. The first-order chi connectivity index (χ1) is 9.11. The fourth-order valence-corrected chi connectivity index (χ4v) is 1.46. The molecule has 0 fully saturated rings. The highest BCUT2D eigenvalue weighted by molar-refractivity contribution is 5.90. The van der Waals surface area contributed by atoms with Gasteiger partial charge in [-0.05, 0) is 13.0 Å². The highest BCUT2D eigenvalue weighted by Crippen LogP contribution is 2.19. The third-order valence-electron chi connectivity index (χ3n) is 2.33. The number of carbonyl (C=O) groups is 1. The van der Waals surface area contributed by atoms with E-state index >= 15 is 0 Å². The maximum atomic E-state index is 10.9. The lowest BCUT2D eigenvalue weighted by Gasteiger charge is -2.05. The average molecular weight is 260 g/mol. The molecule has 0 bridgehead atoms. The van der Waals surface area contributed by atoms with Crippen molar-refractivity contribution in [1.82, 2.24) is 15.0 Å². The molecule has 2 rings (SSSR count). The van der Waals surface area contributed by atoms with Gasteiger partial charge in [0.1, 0.15) is 0 Å². The number of nitrogens with zero attached hydrogens (tertiary/aromatic N) is 3. The second-order valence-electron chi connectivity index (χ2n) is 3.61. The van der Waals surface area contributed by atoms with E-state index in [1.54, 1.807) is 12.1 Å². The number of aromatic carboxylic acids is 1. The minimum Gasteiger partial charge on any atom is -0.478 e. The largest absolute Gasteiger partial charge is 0.478 e. The van der Waals surface area contributed by atoms with Crippen LogP contribution in [0.25, 0.3) is 11.3 Å². The molecule has 2 aromatic rings. The number of pyridine rings is 1. The van der Waals surface area contributed by atoms with E-state index in [1.807, 2.05) is 6.92 Å². The van der Waals surface area contributed by atoms with Crippen LogP contribution in [0.2, 0.25) is 0 Å². The van der Waals surface area contributed by atoms with Crippen LogP contribution in [0.1, 0.15) is 17.4 Å². The standard InChI is InChI=1S/C12H12N4O3/c1-2-19-9-4-3-7(5-14-9)8-6-15-11(13)10(16-8)12(17)18/h3-6H,2H2,1H3,(H2,13,15)(H,17,18). The maximum absolute atomic E-state index is 10.9. The Morgan fingerprint density at radius 2 is 2.16 bits per heavy atom. The normalized spacial score (nSPS) is 10.2. The second-order valence-corrected chi connectivity index (χ2v) is 3.61. The van der Waals surface area contributed by atoms with Crippen LogP contribution in [0.15, 0.2) is 24.5 Å². The lowest BCUT2D eigenvalue weighted by molar-refractivity contribution is 0.0691. The van der Waals surface area contributed by atoms with Crippen molar-refractivity contribution in [3.63, 3.8) is 0 Å². The van der Waals surface area contributed by atoms with E-state index in [9.17, 15) is 4.79 Å². The minimum atomic E-state index is -1.22. The molecule has 0 aliphatic carbocycles. The van der Waals surface area contributed by atoms with Crippen molar-refractivity contribution in [3.8, 4) is 17.1 Å². The van der Waals surface area contributed by atoms with Gasteiger partial charge in [0.25, 0.3) is 0 Å². The van der Waals surface area contributed by atoms with Crippen LogP contribution in [-0.4, -0.2) is 32.6 Å². The lowest BCUT2D eigenvalue weighted by Crippen LogP contribution is -2.08. The zero-order valence-electron chi connectivity index (χ0n) is 10.2. The molecule has 0 unspecified atom stereocenters. The van der Waals surface area contributed by atoms with E-state index < -0.39 is 5.97 Å². The molecule has 98 valence electrons. The quantitative estimate of drug-likeness (QED) is 0.849. The summed E-state index contributed by atoms with van der Waals surface area (Å²) >= 11 is 0. The van der Waals surface area contributed by atoms with Gasteiger partial charge < -0.3 is 15.6 Å². The number of hydrogen-bond donors (Lipinski definition) is 2. The third kappa shape index (κ3) is 2.76. The first kappa shape index (κ1) is 12.7. The third-order valence-corrected chi connectivity index (χ3v) is 2.33. The van der Waals surface area contributed by atoms with Gasteiger partial charge in [0, 0.05) is 17.8 Å². The number of hydrogen-bond acceptors (Lipinski definition) is 6. The number of aromatic nitrogens is 3. The van der Waals surface area contributed by atoms with E-state index in [4.69, 9.17) is 15.6 Å². The summed E-state index contributed by atoms with van der Waals surface area (Å²) in [6, 6.07) is 3.40. The molecule has 3 N–H and O–H groups in total. The van der Waals surface area contributed by atoms with Crippen LogP contribution in [-0.2, 0) is 0 Å². The Labute approximate surface area is 109 Å². The summed E-state index contributed by atoms with van der Waals surface area (Å²) in [5, 5.41) is 8.93. The average Bonchev–Trinajstić information content (AvgIpc) is 2.40. The highest BCUT2D eigenvalue weighted by Gasteiger charge is 2.13. The van der Waals surface area contributed by atoms with Gasteiger partial charge in [-0.1, -0.05) is 0 Å². The van der Waals surface area contributed by atoms with Gasteiger partial charge in [-0.15, -0.1) is 0 Å². The second kappa shape index (κ2) is 5.30. The van der Waals surface area contributed by atoms with Gasteiger partial charge in [0.15, 0.2) is 11.5 Å². The Morgan fingerprint density at radius 3 is 2.74 bits per heavy atom. The van der Waals surface area contributed by atoms with Gasteiger partial charge >= 0.3 is 5.97 Å². The molecule has 0 aliphatic rings. The van der Waals surface area contributed by atoms with Crippen molar-refractivity contribution >= 4 is 11.8 Å². The molecule has 0 saturated heterocycles. The molecule has 2 heterocycles. The Balaban J connectivity index is 2.36. The minimum absolute atomic E-state index is 0.116. The molecule has 7 nitrogen and oxygen atoms in total. The topological polar surface area (TPSA) is 111 Å². The van der Waals surface area contributed by atoms with Gasteiger partial charge in [-0.3, -0.25) is 0 Å². The number of ether oxygens (including phenoxy) is 1. The van der Waals surface area contributed by atoms with Crippen molar-refractivity contribution in [3.05, 3.63) is 30.2 Å². The van der Waals surface area contributed by atoms with Gasteiger partial charge in [-0.2, -0.15) is 0 Å². The van der Waals surface area contributed by atoms with Crippen molar-refractivity contribution in [2.24, 2.45) is 0 Å². The molecule has 2 aromatic heterocycles. The summed E-state index contributed by atoms with van der Waals surface area (Å²) in [5.41, 5.74) is 6.20. The summed E-state index contributed by atoms with van der Waals surface area (Å²) in [7, 11) is 0. The van der Waals surface area contributed by atoms with Crippen LogP contribution in [0.3, 0.4) is 0 Å². The van der Waals surface area contributed by atoms with E-state index in [1.165, 1.54) is 12.4 Å². The molecule has 0 aliphatic heterocycles. The molecule has 0 saturated carbocycles. The summed E-state index contributed by atoms with van der Waals surface area (Å²) in [4.78, 5) is 22.8. The molecule has 0 atom stereocenters. The van der Waals surface area contributed by atoms with Crippen LogP contribution in [0, 0.1) is 0 Å². The Kier molecular flexibility index (Phi) is 3.56. The monoisotopic (exact) mass is 260 g/mol. The molecule has 0 aromatic carbocycles. The predicted molar refractivity (Wildman–Crippen MR) is 67.8 cm³/mol. The zero-order valence-corrected chi connectivity index (χ0v) is 10.2. The number of nitrogen functional groups attached to an aromatic ring is 1. The van der Waals surface area contributed by atoms with Gasteiger partial charge in [-0.25, -0.2) is 19.7 Å². The fourth-order valence-electron chi connectivity index (χ4n) is 1.46. The van der Waals surface area contributed by atoms with E-state index in [-0.39, 0.29) is 11.5 Å². The van der Waals surface area contributed by atoms with Crippen molar-refractivity contribution in [2.75, 3.05) is 12.3 Å². The number of rotatable bonds is 4. The van der Waals surface area contributed by atoms with Gasteiger partial charge in [0.05, 0.1) is 18.5 Å². The highest BCUT2D eigenvalue weighted by atomic mass is 16.5. The smallest absolute Gasteiger partial charge is 0.358 e. The van der Waals surface area contributed by atoms with E-state index in [0.717, 1.165) is 0 Å². The van der Waals surface area contributed by atoms with Crippen LogP contribution in [0.4, 0.5) is 5.82 Å². The molecule has 0 radical (unpaired) electrons. The molecular weight excluding hydrogens is 248 g/mol. The van der Waals surface area contributed by atoms with E-state index in [2.05, 4.69) is 15.0 Å². The number of nitrogens with two attached hydrogens (primary N) is 1. The van der Waals surface area contributed by atoms with Crippen LogP contribution >= 0.6 is 0 Å². The Hall–Kier alpha value is -2.70. The summed E-state index contributed by atoms with van der Waals surface area (Å²) in [6.07, 6.45) is 2.94. The SMILES string of the molecule is CCOc1ccc(-c2cnc(N)c(C(=O)O)n2)cn1. The fraction of sp³-hybridized carbons (Fsp3) is 0.167. The first-order valence-corrected chi connectivity index (χ1v) is 5.57. The predicted octanol–water partition coefficient (Wildman–Crippen LogP) is 1.22. The number of carboxylic acids is 1. The molecule has 19 heavy (non-hydrogen) atoms. The van der Waals surface area contributed by atoms with Crippen molar-refractivity contribution in [1.29, 1.82) is 0 Å². The summed E-state index contributed by atoms with van der Waals surface area (Å²) < 4.78 is 5.22. The molecule has 7 heteroatoms. The molecule has 0 amide bonds. The van der Waals surface area contributed by atoms with Crippen molar-refractivity contribution < 1.29 is 14.6 Å². The zero-order chi connectivity index (χ0) is 13.8. The molecule has 0 spiro atoms. The van der Waals surface area contributed by atoms with Crippen molar-refractivity contribution in [2.45, 2.75) is 6.92 Å². The molecular formula is C12H12N4O3. The lowest BCUT2D eigenvalue weighted by atomic mass is 10.2. The number of anilines is 1. The van der Waals surface area contributed by atoms with Crippen LogP contribution < -0.4 is 10.5 Å². The first-order valence-electron chi connectivity index (χ1n) is 5.57.